The van der Waals surface area contributed by atoms with Crippen molar-refractivity contribution in [2.75, 3.05) is 13.6 Å². The second-order valence-electron chi connectivity index (χ2n) is 6.08. The zero-order chi connectivity index (χ0) is 23.9. The highest BCUT2D eigenvalue weighted by Crippen LogP contribution is 2.28. The second-order valence-corrected chi connectivity index (χ2v) is 10.3. The van der Waals surface area contributed by atoms with Crippen LogP contribution in [0.5, 0.6) is 0 Å². The second kappa shape index (κ2) is 11.4. The van der Waals surface area contributed by atoms with E-state index in [1.165, 1.54) is 24.3 Å². The van der Waals surface area contributed by atoms with E-state index in [4.69, 9.17) is 0 Å². The maximum Gasteiger partial charge on any atom is 0.323 e. The molecule has 2 aromatic rings. The van der Waals surface area contributed by atoms with Crippen molar-refractivity contribution in [3.8, 4) is 0 Å². The van der Waals surface area contributed by atoms with E-state index < -0.39 is 63.5 Å². The molecule has 0 bridgehead atoms. The van der Waals surface area contributed by atoms with Crippen molar-refractivity contribution in [2.24, 2.45) is 0 Å². The molecule has 0 amide bonds. The number of aryl methyl sites for hydroxylation is 2. The molecule has 0 saturated carbocycles. The van der Waals surface area contributed by atoms with Crippen molar-refractivity contribution in [1.82, 2.24) is 0 Å². The van der Waals surface area contributed by atoms with Gasteiger partial charge in [0, 0.05) is 0 Å². The number of hydrogen-bond donors (Lipinski definition) is 0. The Morgan fingerprint density at radius 2 is 1.12 bits per heavy atom. The third kappa shape index (κ3) is 6.64. The maximum atomic E-state index is 13.9. The van der Waals surface area contributed by atoms with Gasteiger partial charge in [0.05, 0.1) is 0 Å². The van der Waals surface area contributed by atoms with Crippen LogP contribution in [0.2, 0.25) is 0 Å². The van der Waals surface area contributed by atoms with E-state index in [1.54, 1.807) is 13.8 Å². The molecule has 0 saturated heterocycles. The third-order valence-corrected chi connectivity index (χ3v) is 7.55. The fourth-order valence-electron chi connectivity index (χ4n) is 2.65. The standard InChI is InChI=1S/C18H21F2O9PS2/c1-3-13-7-5-9-15(19)17(13)31(22,23)28-11-26-30(21)27-12-29-32(24,25)18-14(4-2)8-6-10-16(18)20/h5-10,30H,3-4,11-12H2,1-2H3. The van der Waals surface area contributed by atoms with Gasteiger partial charge >= 0.3 is 28.5 Å². The molecule has 9 nitrogen and oxygen atoms in total. The van der Waals surface area contributed by atoms with Gasteiger partial charge in [-0.3, -0.25) is 13.6 Å². The molecule has 14 heteroatoms. The first-order chi connectivity index (χ1) is 15.0. The molecule has 2 aromatic carbocycles. The molecule has 178 valence electrons. The maximum absolute atomic E-state index is 13.9. The van der Waals surface area contributed by atoms with E-state index in [0.717, 1.165) is 12.1 Å². The van der Waals surface area contributed by atoms with Gasteiger partial charge in [-0.15, -0.1) is 0 Å². The Kier molecular flexibility index (Phi) is 9.46. The van der Waals surface area contributed by atoms with Crippen molar-refractivity contribution < 1.29 is 47.6 Å². The van der Waals surface area contributed by atoms with Crippen molar-refractivity contribution >= 4 is 28.5 Å². The van der Waals surface area contributed by atoms with Crippen LogP contribution >= 0.6 is 8.25 Å². The Hall–Kier alpha value is -1.73. The molecular weight excluding hydrogens is 493 g/mol. The van der Waals surface area contributed by atoms with E-state index >= 15 is 0 Å². The highest BCUT2D eigenvalue weighted by Gasteiger charge is 2.25. The van der Waals surface area contributed by atoms with Crippen LogP contribution in [0.15, 0.2) is 46.2 Å². The minimum absolute atomic E-state index is 0.173. The first kappa shape index (κ1) is 26.5. The Bertz CT molecular complexity index is 1090. The first-order valence-corrected chi connectivity index (χ1v) is 13.2. The molecule has 0 radical (unpaired) electrons. The SMILES string of the molecule is CCc1cccc(F)c1S(=O)(=O)OCO[PH](=O)OCOS(=O)(=O)c1c(F)cccc1CC. The summed E-state index contributed by atoms with van der Waals surface area (Å²) in [7, 11) is -12.6. The van der Waals surface area contributed by atoms with Crippen LogP contribution in [0, 0.1) is 11.6 Å². The summed E-state index contributed by atoms with van der Waals surface area (Å²) in [4.78, 5) is -1.34. The van der Waals surface area contributed by atoms with Crippen molar-refractivity contribution in [3.05, 3.63) is 59.2 Å². The summed E-state index contributed by atoms with van der Waals surface area (Å²) in [5.41, 5.74) is 0.346. The molecule has 0 unspecified atom stereocenters. The van der Waals surface area contributed by atoms with E-state index in [-0.39, 0.29) is 24.0 Å². The largest absolute Gasteiger partial charge is 0.323 e. The number of benzene rings is 2. The summed E-state index contributed by atoms with van der Waals surface area (Å²) in [5.74, 6) is -2.04. The molecule has 0 atom stereocenters. The summed E-state index contributed by atoms with van der Waals surface area (Å²) in [6.45, 7) is 1.07. The Morgan fingerprint density at radius 3 is 1.47 bits per heavy atom. The first-order valence-electron chi connectivity index (χ1n) is 9.16. The van der Waals surface area contributed by atoms with Crippen molar-refractivity contribution in [2.45, 2.75) is 36.5 Å². The Labute approximate surface area is 185 Å². The third-order valence-electron chi connectivity index (χ3n) is 4.12. The number of hydrogen-bond acceptors (Lipinski definition) is 9. The normalized spacial score (nSPS) is 12.4. The van der Waals surface area contributed by atoms with Crippen molar-refractivity contribution in [3.63, 3.8) is 0 Å². The number of halogens is 2. The molecular formula is C18H21F2O9PS2. The minimum atomic E-state index is -4.57. The van der Waals surface area contributed by atoms with Crippen LogP contribution in [-0.2, 0) is 55.1 Å². The molecule has 32 heavy (non-hydrogen) atoms. The van der Waals surface area contributed by atoms with E-state index in [2.05, 4.69) is 17.4 Å². The van der Waals surface area contributed by atoms with Crippen LogP contribution in [0.3, 0.4) is 0 Å². The van der Waals surface area contributed by atoms with Gasteiger partial charge in [-0.1, -0.05) is 38.1 Å². The van der Waals surface area contributed by atoms with Gasteiger partial charge in [0.15, 0.2) is 13.6 Å². The summed E-state index contributed by atoms with van der Waals surface area (Å²) in [6.07, 6.45) is 0.424. The molecule has 0 spiro atoms. The molecule has 0 N–H and O–H groups in total. The summed E-state index contributed by atoms with van der Waals surface area (Å²) >= 11 is 0. The molecule has 0 heterocycles. The lowest BCUT2D eigenvalue weighted by molar-refractivity contribution is 0.0751. The zero-order valence-electron chi connectivity index (χ0n) is 17.0. The van der Waals surface area contributed by atoms with Gasteiger partial charge < -0.3 is 0 Å². The van der Waals surface area contributed by atoms with Gasteiger partial charge in [-0.25, -0.2) is 17.1 Å². The number of rotatable bonds is 12. The average molecular weight is 514 g/mol. The van der Waals surface area contributed by atoms with Crippen molar-refractivity contribution in [1.29, 1.82) is 0 Å². The molecule has 0 aliphatic carbocycles. The lowest BCUT2D eigenvalue weighted by Crippen LogP contribution is -2.13. The van der Waals surface area contributed by atoms with Crippen LogP contribution in [0.1, 0.15) is 25.0 Å². The quantitative estimate of drug-likeness (QED) is 0.238. The smallest absolute Gasteiger partial charge is 0.282 e. The highest BCUT2D eigenvalue weighted by molar-refractivity contribution is 7.87. The summed E-state index contributed by atoms with van der Waals surface area (Å²) < 4.78 is 107. The topological polar surface area (TPSA) is 122 Å². The van der Waals surface area contributed by atoms with Gasteiger partial charge in [0.25, 0.3) is 0 Å². The molecule has 0 fully saturated rings. The van der Waals surface area contributed by atoms with E-state index in [0.29, 0.717) is 0 Å². The zero-order valence-corrected chi connectivity index (χ0v) is 19.7. The lowest BCUT2D eigenvalue weighted by atomic mass is 10.2. The minimum Gasteiger partial charge on any atom is -0.282 e. The molecule has 2 rings (SSSR count). The van der Waals surface area contributed by atoms with Gasteiger partial charge in [0.1, 0.15) is 21.4 Å². The Balaban J connectivity index is 1.91. The van der Waals surface area contributed by atoms with Gasteiger partial charge in [-0.05, 0) is 36.1 Å². The van der Waals surface area contributed by atoms with Gasteiger partial charge in [-0.2, -0.15) is 16.8 Å². The molecule has 0 aliphatic heterocycles. The van der Waals surface area contributed by atoms with Gasteiger partial charge in [0.2, 0.25) is 0 Å². The van der Waals surface area contributed by atoms with Crippen LogP contribution in [-0.4, -0.2) is 30.4 Å². The monoisotopic (exact) mass is 514 g/mol. The predicted molar refractivity (Wildman–Crippen MR) is 109 cm³/mol. The highest BCUT2D eigenvalue weighted by atomic mass is 32.2. The van der Waals surface area contributed by atoms with E-state index in [9.17, 15) is 30.2 Å². The summed E-state index contributed by atoms with van der Waals surface area (Å²) in [6, 6.07) is 7.38. The van der Waals surface area contributed by atoms with Crippen LogP contribution < -0.4 is 0 Å². The average Bonchev–Trinajstić information content (AvgIpc) is 2.72. The van der Waals surface area contributed by atoms with E-state index in [1.807, 2.05) is 0 Å². The fraction of sp³-hybridized carbons (Fsp3) is 0.333. The molecule has 0 aromatic heterocycles. The summed E-state index contributed by atoms with van der Waals surface area (Å²) in [5, 5.41) is 0. The fourth-order valence-corrected chi connectivity index (χ4v) is 5.48. The predicted octanol–water partition coefficient (Wildman–Crippen LogP) is 3.54. The van der Waals surface area contributed by atoms with Crippen LogP contribution in [0.25, 0.3) is 0 Å². The molecule has 0 aliphatic rings. The Morgan fingerprint density at radius 1 is 0.750 bits per heavy atom. The van der Waals surface area contributed by atoms with Crippen LogP contribution in [0.4, 0.5) is 8.78 Å². The lowest BCUT2D eigenvalue weighted by Gasteiger charge is -2.12.